The van der Waals surface area contributed by atoms with Gasteiger partial charge in [0.1, 0.15) is 5.78 Å². The molecule has 1 N–H and O–H groups in total. The highest BCUT2D eigenvalue weighted by Gasteiger charge is 2.39. The number of rotatable bonds is 2. The summed E-state index contributed by atoms with van der Waals surface area (Å²) in [6.07, 6.45) is 3.40. The van der Waals surface area contributed by atoms with Gasteiger partial charge in [-0.2, -0.15) is 0 Å². The van der Waals surface area contributed by atoms with E-state index in [2.05, 4.69) is 15.9 Å². The third kappa shape index (κ3) is 2.61. The molecule has 1 aromatic rings. The molecule has 0 saturated heterocycles. The predicted molar refractivity (Wildman–Crippen MR) is 70.7 cm³/mol. The predicted octanol–water partition coefficient (Wildman–Crippen LogP) is 3.42. The minimum Gasteiger partial charge on any atom is -0.385 e. The second-order valence-corrected chi connectivity index (χ2v) is 5.83. The average molecular weight is 297 g/mol. The van der Waals surface area contributed by atoms with Crippen LogP contribution in [-0.4, -0.2) is 10.9 Å². The molecule has 92 valence electrons. The van der Waals surface area contributed by atoms with E-state index in [0.29, 0.717) is 6.42 Å². The summed E-state index contributed by atoms with van der Waals surface area (Å²) < 4.78 is 0.979. The zero-order valence-corrected chi connectivity index (χ0v) is 11.5. The van der Waals surface area contributed by atoms with Crippen molar-refractivity contribution < 1.29 is 9.90 Å². The fourth-order valence-electron chi connectivity index (χ4n) is 2.57. The van der Waals surface area contributed by atoms with Crippen LogP contribution < -0.4 is 0 Å². The van der Waals surface area contributed by atoms with Crippen molar-refractivity contribution in [2.24, 2.45) is 5.92 Å². The van der Waals surface area contributed by atoms with Gasteiger partial charge in [-0.15, -0.1) is 0 Å². The number of hydrogen-bond acceptors (Lipinski definition) is 2. The maximum atomic E-state index is 11.9. The summed E-state index contributed by atoms with van der Waals surface area (Å²) in [6, 6.07) is 7.56. The highest BCUT2D eigenvalue weighted by molar-refractivity contribution is 9.10. The van der Waals surface area contributed by atoms with E-state index in [1.807, 2.05) is 24.3 Å². The first-order valence-electron chi connectivity index (χ1n) is 6.03. The molecule has 0 bridgehead atoms. The van der Waals surface area contributed by atoms with E-state index in [4.69, 9.17) is 0 Å². The minimum atomic E-state index is -1.04. The monoisotopic (exact) mass is 296 g/mol. The zero-order chi connectivity index (χ0) is 12.5. The van der Waals surface area contributed by atoms with Crippen LogP contribution in [0.2, 0.25) is 0 Å². The largest absolute Gasteiger partial charge is 0.385 e. The molecule has 1 fully saturated rings. The van der Waals surface area contributed by atoms with E-state index in [-0.39, 0.29) is 11.7 Å². The summed E-state index contributed by atoms with van der Waals surface area (Å²) in [4.78, 5) is 11.9. The minimum absolute atomic E-state index is 0.198. The Morgan fingerprint density at radius 1 is 1.29 bits per heavy atom. The Labute approximate surface area is 110 Å². The van der Waals surface area contributed by atoms with Gasteiger partial charge in [0.15, 0.2) is 0 Å². The first-order chi connectivity index (χ1) is 8.01. The SMILES string of the molecule is C[C@](O)(c1ccc(Br)cc1)[C@@H]1CCCCC1=O. The van der Waals surface area contributed by atoms with Gasteiger partial charge in [-0.1, -0.05) is 34.5 Å². The smallest absolute Gasteiger partial charge is 0.139 e. The summed E-state index contributed by atoms with van der Waals surface area (Å²) >= 11 is 3.37. The standard InChI is InChI=1S/C14H17BrO2/c1-14(17,10-6-8-11(15)9-7-10)12-4-2-3-5-13(12)16/h6-9,12,17H,2-5H2,1H3/t12-,14+/m1/s1. The maximum absolute atomic E-state index is 11.9. The molecule has 0 unspecified atom stereocenters. The summed E-state index contributed by atoms with van der Waals surface area (Å²) in [6.45, 7) is 1.75. The number of halogens is 1. The van der Waals surface area contributed by atoms with Crippen LogP contribution in [0.4, 0.5) is 0 Å². The average Bonchev–Trinajstić information content (AvgIpc) is 2.30. The molecule has 1 aromatic carbocycles. The number of carbonyl (C=O) groups is 1. The fourth-order valence-corrected chi connectivity index (χ4v) is 2.83. The van der Waals surface area contributed by atoms with Crippen LogP contribution in [0, 0.1) is 5.92 Å². The van der Waals surface area contributed by atoms with Crippen molar-refractivity contribution in [1.29, 1.82) is 0 Å². The number of carbonyl (C=O) groups excluding carboxylic acids is 1. The molecule has 0 amide bonds. The molecule has 0 aromatic heterocycles. The van der Waals surface area contributed by atoms with Crippen molar-refractivity contribution in [1.82, 2.24) is 0 Å². The third-order valence-electron chi connectivity index (χ3n) is 3.66. The van der Waals surface area contributed by atoms with Gasteiger partial charge in [0.25, 0.3) is 0 Å². The lowest BCUT2D eigenvalue weighted by Gasteiger charge is -2.34. The number of aliphatic hydroxyl groups is 1. The van der Waals surface area contributed by atoms with Crippen LogP contribution >= 0.6 is 15.9 Å². The molecule has 2 rings (SSSR count). The van der Waals surface area contributed by atoms with Crippen molar-refractivity contribution in [2.75, 3.05) is 0 Å². The van der Waals surface area contributed by atoms with E-state index in [1.54, 1.807) is 6.92 Å². The summed E-state index contributed by atoms with van der Waals surface area (Å²) in [5.41, 5.74) is -0.223. The van der Waals surface area contributed by atoms with Gasteiger partial charge in [0.2, 0.25) is 0 Å². The first-order valence-corrected chi connectivity index (χ1v) is 6.82. The van der Waals surface area contributed by atoms with Gasteiger partial charge >= 0.3 is 0 Å². The molecule has 1 aliphatic carbocycles. The number of ketones is 1. The first kappa shape index (κ1) is 12.8. The van der Waals surface area contributed by atoms with Crippen molar-refractivity contribution >= 4 is 21.7 Å². The lowest BCUT2D eigenvalue weighted by Crippen LogP contribution is -2.38. The van der Waals surface area contributed by atoms with Gasteiger partial charge in [0, 0.05) is 10.9 Å². The molecule has 0 heterocycles. The number of Topliss-reactive ketones (excluding diaryl/α,β-unsaturated/α-hetero) is 1. The van der Waals surface area contributed by atoms with Crippen molar-refractivity contribution in [3.05, 3.63) is 34.3 Å². The molecular weight excluding hydrogens is 280 g/mol. The highest BCUT2D eigenvalue weighted by atomic mass is 79.9. The Balaban J connectivity index is 2.28. The van der Waals surface area contributed by atoms with Crippen LogP contribution in [-0.2, 0) is 10.4 Å². The Morgan fingerprint density at radius 2 is 1.94 bits per heavy atom. The van der Waals surface area contributed by atoms with E-state index < -0.39 is 5.60 Å². The maximum Gasteiger partial charge on any atom is 0.139 e. The summed E-state index contributed by atoms with van der Waals surface area (Å²) in [5, 5.41) is 10.6. The van der Waals surface area contributed by atoms with Gasteiger partial charge < -0.3 is 5.11 Å². The molecule has 0 aliphatic heterocycles. The van der Waals surface area contributed by atoms with E-state index >= 15 is 0 Å². The Bertz CT molecular complexity index is 409. The molecule has 0 radical (unpaired) electrons. The second kappa shape index (κ2) is 4.91. The Hall–Kier alpha value is -0.670. The normalized spacial score (nSPS) is 24.4. The third-order valence-corrected chi connectivity index (χ3v) is 4.19. The fraction of sp³-hybridized carbons (Fsp3) is 0.500. The lowest BCUT2D eigenvalue weighted by atomic mass is 9.74. The van der Waals surface area contributed by atoms with E-state index in [0.717, 1.165) is 29.3 Å². The second-order valence-electron chi connectivity index (χ2n) is 4.92. The van der Waals surface area contributed by atoms with Crippen molar-refractivity contribution in [3.63, 3.8) is 0 Å². The van der Waals surface area contributed by atoms with Crippen LogP contribution in [0.3, 0.4) is 0 Å². The molecule has 2 nitrogen and oxygen atoms in total. The van der Waals surface area contributed by atoms with Gasteiger partial charge in [-0.05, 0) is 37.5 Å². The number of benzene rings is 1. The van der Waals surface area contributed by atoms with Crippen LogP contribution in [0.25, 0.3) is 0 Å². The Morgan fingerprint density at radius 3 is 2.53 bits per heavy atom. The lowest BCUT2D eigenvalue weighted by molar-refractivity contribution is -0.134. The van der Waals surface area contributed by atoms with Crippen LogP contribution in [0.5, 0.6) is 0 Å². The molecule has 1 aliphatic rings. The molecule has 0 spiro atoms. The van der Waals surface area contributed by atoms with Crippen LogP contribution in [0.1, 0.15) is 38.2 Å². The molecule has 1 saturated carbocycles. The topological polar surface area (TPSA) is 37.3 Å². The van der Waals surface area contributed by atoms with Gasteiger partial charge in [0.05, 0.1) is 11.5 Å². The van der Waals surface area contributed by atoms with Crippen molar-refractivity contribution in [2.45, 2.75) is 38.2 Å². The van der Waals surface area contributed by atoms with E-state index in [1.165, 1.54) is 0 Å². The molecular formula is C14H17BrO2. The molecule has 17 heavy (non-hydrogen) atoms. The number of hydrogen-bond donors (Lipinski definition) is 1. The summed E-state index contributed by atoms with van der Waals surface area (Å²) in [7, 11) is 0. The van der Waals surface area contributed by atoms with Crippen LogP contribution in [0.15, 0.2) is 28.7 Å². The van der Waals surface area contributed by atoms with Gasteiger partial charge in [-0.3, -0.25) is 4.79 Å². The summed E-state index contributed by atoms with van der Waals surface area (Å²) in [5.74, 6) is -0.0541. The zero-order valence-electron chi connectivity index (χ0n) is 9.95. The molecule has 3 heteroatoms. The Kier molecular flexibility index (Phi) is 3.69. The van der Waals surface area contributed by atoms with Crippen molar-refractivity contribution in [3.8, 4) is 0 Å². The molecule has 2 atom stereocenters. The van der Waals surface area contributed by atoms with E-state index in [9.17, 15) is 9.90 Å². The van der Waals surface area contributed by atoms with Gasteiger partial charge in [-0.25, -0.2) is 0 Å². The highest BCUT2D eigenvalue weighted by Crippen LogP contribution is 2.37. The quantitative estimate of drug-likeness (QED) is 0.908.